The molecule has 4 rings (SSSR count). The lowest BCUT2D eigenvalue weighted by atomic mass is 10.0. The van der Waals surface area contributed by atoms with Crippen molar-refractivity contribution in [3.8, 4) is 5.75 Å². The number of fused-ring (bicyclic) bond motifs is 1. The fraction of sp³-hybridized carbons (Fsp3) is 0.667. The van der Waals surface area contributed by atoms with Gasteiger partial charge in [0.2, 0.25) is 10.0 Å². The summed E-state index contributed by atoms with van der Waals surface area (Å²) in [6, 6.07) is 7.82. The third-order valence-electron chi connectivity index (χ3n) is 6.62. The number of likely N-dealkylation sites (tertiary alicyclic amines) is 1. The molecule has 1 aromatic rings. The molecular weight excluding hydrogens is 390 g/mol. The average molecular weight is 422 g/mol. The molecule has 3 aliphatic rings. The quantitative estimate of drug-likeness (QED) is 0.810. The molecule has 1 aromatic carbocycles. The van der Waals surface area contributed by atoms with Gasteiger partial charge in [0.15, 0.2) is 0 Å². The van der Waals surface area contributed by atoms with Gasteiger partial charge >= 0.3 is 6.03 Å². The largest absolute Gasteiger partial charge is 0.497 e. The predicted molar refractivity (Wildman–Crippen MR) is 111 cm³/mol. The first kappa shape index (κ1) is 20.5. The molecule has 0 radical (unpaired) electrons. The highest BCUT2D eigenvalue weighted by atomic mass is 32.2. The molecule has 0 aromatic heterocycles. The van der Waals surface area contributed by atoms with Gasteiger partial charge in [0.25, 0.3) is 0 Å². The Bertz CT molecular complexity index is 838. The molecule has 0 spiro atoms. The van der Waals surface area contributed by atoms with Crippen molar-refractivity contribution in [3.05, 3.63) is 29.8 Å². The van der Waals surface area contributed by atoms with Crippen LogP contribution in [-0.2, 0) is 16.6 Å². The average Bonchev–Trinajstić information content (AvgIpc) is 3.21. The Balaban J connectivity index is 1.39. The molecule has 3 fully saturated rings. The van der Waals surface area contributed by atoms with Crippen molar-refractivity contribution in [3.63, 3.8) is 0 Å². The zero-order chi connectivity index (χ0) is 20.4. The van der Waals surface area contributed by atoms with Crippen LogP contribution in [0.5, 0.6) is 5.75 Å². The lowest BCUT2D eigenvalue weighted by Crippen LogP contribution is -2.44. The standard InChI is InChI=1S/C21H31N3O4S/c1-28-19-8-4-5-16(13-19)14-24-15-17-9-11-23(12-10-20(17)29(24,26)27)21(25)22-18-6-2-3-7-18/h4-5,8,13,17-18,20H,2-3,6-7,9-12,14-15H2,1H3,(H,22,25)/t17-,20-/m1/s1. The van der Waals surface area contributed by atoms with Gasteiger partial charge in [-0.15, -0.1) is 0 Å². The summed E-state index contributed by atoms with van der Waals surface area (Å²) in [7, 11) is -1.76. The maximum atomic E-state index is 13.2. The Kier molecular flexibility index (Phi) is 6.01. The van der Waals surface area contributed by atoms with Crippen molar-refractivity contribution in [2.45, 2.75) is 56.4 Å². The molecule has 2 amide bonds. The molecule has 29 heavy (non-hydrogen) atoms. The summed E-state index contributed by atoms with van der Waals surface area (Å²) in [6.07, 6.45) is 5.71. The van der Waals surface area contributed by atoms with E-state index < -0.39 is 15.3 Å². The number of carbonyl (C=O) groups excluding carboxylic acids is 1. The van der Waals surface area contributed by atoms with Crippen molar-refractivity contribution in [1.29, 1.82) is 0 Å². The van der Waals surface area contributed by atoms with Gasteiger partial charge in [0, 0.05) is 32.2 Å². The second-order valence-corrected chi connectivity index (χ2v) is 10.6. The Morgan fingerprint density at radius 2 is 1.93 bits per heavy atom. The number of carbonyl (C=O) groups is 1. The number of methoxy groups -OCH3 is 1. The first-order valence-corrected chi connectivity index (χ1v) is 12.1. The molecule has 2 heterocycles. The van der Waals surface area contributed by atoms with Crippen LogP contribution < -0.4 is 10.1 Å². The number of sulfonamides is 1. The topological polar surface area (TPSA) is 79.0 Å². The van der Waals surface area contributed by atoms with Crippen molar-refractivity contribution in [1.82, 2.24) is 14.5 Å². The maximum Gasteiger partial charge on any atom is 0.317 e. The number of ether oxygens (including phenoxy) is 1. The van der Waals surface area contributed by atoms with E-state index in [4.69, 9.17) is 4.74 Å². The molecular formula is C21H31N3O4S. The van der Waals surface area contributed by atoms with E-state index in [1.54, 1.807) is 11.4 Å². The third kappa shape index (κ3) is 4.38. The van der Waals surface area contributed by atoms with Crippen molar-refractivity contribution < 1.29 is 17.9 Å². The van der Waals surface area contributed by atoms with Crippen LogP contribution in [0, 0.1) is 5.92 Å². The summed E-state index contributed by atoms with van der Waals surface area (Å²) in [6.45, 7) is 2.04. The van der Waals surface area contributed by atoms with Crippen LogP contribution >= 0.6 is 0 Å². The number of benzene rings is 1. The number of hydrogen-bond acceptors (Lipinski definition) is 4. The highest BCUT2D eigenvalue weighted by Crippen LogP contribution is 2.35. The van der Waals surface area contributed by atoms with E-state index in [1.165, 1.54) is 12.8 Å². The van der Waals surface area contributed by atoms with E-state index in [1.807, 2.05) is 29.2 Å². The van der Waals surface area contributed by atoms with E-state index in [0.717, 1.165) is 30.6 Å². The van der Waals surface area contributed by atoms with Gasteiger partial charge in [0.1, 0.15) is 5.75 Å². The van der Waals surface area contributed by atoms with E-state index in [9.17, 15) is 13.2 Å². The van der Waals surface area contributed by atoms with E-state index in [2.05, 4.69) is 5.32 Å². The second-order valence-electron chi connectivity index (χ2n) is 8.48. The van der Waals surface area contributed by atoms with Crippen LogP contribution in [0.1, 0.15) is 44.1 Å². The molecule has 160 valence electrons. The first-order valence-electron chi connectivity index (χ1n) is 10.6. The van der Waals surface area contributed by atoms with Crippen LogP contribution in [0.15, 0.2) is 24.3 Å². The zero-order valence-electron chi connectivity index (χ0n) is 17.0. The summed E-state index contributed by atoms with van der Waals surface area (Å²) in [5, 5.41) is 2.74. The van der Waals surface area contributed by atoms with Crippen LogP contribution in [0.25, 0.3) is 0 Å². The monoisotopic (exact) mass is 421 g/mol. The number of hydrogen-bond donors (Lipinski definition) is 1. The molecule has 1 N–H and O–H groups in total. The number of nitrogens with one attached hydrogen (secondary N) is 1. The van der Waals surface area contributed by atoms with Crippen LogP contribution in [0.3, 0.4) is 0 Å². The van der Waals surface area contributed by atoms with Crippen LogP contribution in [-0.4, -0.2) is 61.7 Å². The van der Waals surface area contributed by atoms with E-state index in [0.29, 0.717) is 32.6 Å². The Labute approximate surface area is 173 Å². The summed E-state index contributed by atoms with van der Waals surface area (Å²) >= 11 is 0. The molecule has 0 bridgehead atoms. The summed E-state index contributed by atoms with van der Waals surface area (Å²) in [4.78, 5) is 14.4. The Hall–Kier alpha value is -1.80. The fourth-order valence-corrected chi connectivity index (χ4v) is 7.19. The van der Waals surface area contributed by atoms with Gasteiger partial charge in [0.05, 0.1) is 12.4 Å². The Morgan fingerprint density at radius 3 is 2.69 bits per heavy atom. The Morgan fingerprint density at radius 1 is 1.17 bits per heavy atom. The van der Waals surface area contributed by atoms with Crippen LogP contribution in [0.2, 0.25) is 0 Å². The smallest absolute Gasteiger partial charge is 0.317 e. The fourth-order valence-electron chi connectivity index (χ4n) is 4.96. The summed E-state index contributed by atoms with van der Waals surface area (Å²) in [5.41, 5.74) is 0.932. The highest BCUT2D eigenvalue weighted by Gasteiger charge is 2.47. The van der Waals surface area contributed by atoms with Gasteiger partial charge in [-0.2, -0.15) is 4.31 Å². The van der Waals surface area contributed by atoms with Gasteiger partial charge in [-0.25, -0.2) is 13.2 Å². The molecule has 2 saturated heterocycles. The molecule has 0 unspecified atom stereocenters. The van der Waals surface area contributed by atoms with Crippen LogP contribution in [0.4, 0.5) is 4.79 Å². The van der Waals surface area contributed by atoms with Gasteiger partial charge < -0.3 is 15.0 Å². The van der Waals surface area contributed by atoms with E-state index >= 15 is 0 Å². The van der Waals surface area contributed by atoms with Crippen molar-refractivity contribution >= 4 is 16.1 Å². The van der Waals surface area contributed by atoms with E-state index in [-0.39, 0.29) is 18.0 Å². The normalized spacial score (nSPS) is 27.4. The van der Waals surface area contributed by atoms with Gasteiger partial charge in [-0.05, 0) is 49.3 Å². The molecule has 1 aliphatic carbocycles. The summed E-state index contributed by atoms with van der Waals surface area (Å²) in [5.74, 6) is 0.812. The first-order chi connectivity index (χ1) is 14.0. The predicted octanol–water partition coefficient (Wildman–Crippen LogP) is 2.57. The molecule has 8 heteroatoms. The van der Waals surface area contributed by atoms with Crippen molar-refractivity contribution in [2.75, 3.05) is 26.7 Å². The van der Waals surface area contributed by atoms with Crippen molar-refractivity contribution in [2.24, 2.45) is 5.92 Å². The van der Waals surface area contributed by atoms with Gasteiger partial charge in [-0.3, -0.25) is 0 Å². The minimum Gasteiger partial charge on any atom is -0.497 e. The van der Waals surface area contributed by atoms with Gasteiger partial charge in [-0.1, -0.05) is 25.0 Å². The third-order valence-corrected chi connectivity index (χ3v) is 9.01. The summed E-state index contributed by atoms with van der Waals surface area (Å²) < 4.78 is 33.2. The number of amides is 2. The lowest BCUT2D eigenvalue weighted by Gasteiger charge is -2.24. The molecule has 2 atom stereocenters. The minimum atomic E-state index is -3.37. The number of urea groups is 1. The molecule has 1 saturated carbocycles. The number of nitrogens with zero attached hydrogens (tertiary/aromatic N) is 2. The maximum absolute atomic E-state index is 13.2. The SMILES string of the molecule is COc1cccc(CN2C[C@H]3CCN(C(=O)NC4CCCC4)CC[C@H]3S2(=O)=O)c1. The second kappa shape index (κ2) is 8.52. The highest BCUT2D eigenvalue weighted by molar-refractivity contribution is 7.90. The minimum absolute atomic E-state index is 0.0255. The molecule has 2 aliphatic heterocycles. The zero-order valence-corrected chi connectivity index (χ0v) is 17.9. The molecule has 7 nitrogen and oxygen atoms in total. The lowest BCUT2D eigenvalue weighted by molar-refractivity contribution is 0.194. The number of rotatable bonds is 4.